The van der Waals surface area contributed by atoms with E-state index in [9.17, 15) is 14.0 Å². The molecule has 10 nitrogen and oxygen atoms in total. The second kappa shape index (κ2) is 11.8. The second-order valence-electron chi connectivity index (χ2n) is 8.85. The summed E-state index contributed by atoms with van der Waals surface area (Å²) >= 11 is 6.18. The number of hydrogen-bond acceptors (Lipinski definition) is 6. The molecule has 5 rings (SSSR count). The van der Waals surface area contributed by atoms with Gasteiger partial charge in [0.05, 0.1) is 23.1 Å². The molecule has 2 aromatic heterocycles. The largest absolute Gasteiger partial charge is 0.346 e. The van der Waals surface area contributed by atoms with Gasteiger partial charge in [0.15, 0.2) is 0 Å². The van der Waals surface area contributed by atoms with Crippen LogP contribution in [-0.2, 0) is 9.59 Å². The first kappa shape index (κ1) is 26.0. The SMILES string of the molecule is O=C(/C=C/c1cc(Cl)ccc1-n1cnnn1)N[C@H]1CC/C=C/CCC(=O)Nc2ccc(F)cc2-c2c[nH]c1n2. The van der Waals surface area contributed by atoms with E-state index in [1.165, 1.54) is 35.3 Å². The van der Waals surface area contributed by atoms with Crippen molar-refractivity contribution in [3.63, 3.8) is 0 Å². The number of aromatic nitrogens is 6. The van der Waals surface area contributed by atoms with Gasteiger partial charge in [0, 0.05) is 34.8 Å². The van der Waals surface area contributed by atoms with Crippen LogP contribution in [0.1, 0.15) is 43.1 Å². The lowest BCUT2D eigenvalue weighted by atomic mass is 10.1. The van der Waals surface area contributed by atoms with Crippen molar-refractivity contribution in [2.45, 2.75) is 31.7 Å². The van der Waals surface area contributed by atoms with Crippen LogP contribution >= 0.6 is 11.6 Å². The van der Waals surface area contributed by atoms with Gasteiger partial charge in [0.2, 0.25) is 11.8 Å². The third kappa shape index (κ3) is 6.44. The second-order valence-corrected chi connectivity index (χ2v) is 9.28. The lowest BCUT2D eigenvalue weighted by Gasteiger charge is -2.15. The summed E-state index contributed by atoms with van der Waals surface area (Å²) in [6.45, 7) is 0. The average molecular weight is 547 g/mol. The number of tetrazole rings is 1. The van der Waals surface area contributed by atoms with Crippen molar-refractivity contribution in [3.8, 4) is 16.9 Å². The van der Waals surface area contributed by atoms with E-state index in [1.807, 2.05) is 12.2 Å². The predicted octanol–water partition coefficient (Wildman–Crippen LogP) is 4.78. The zero-order valence-corrected chi connectivity index (χ0v) is 21.4. The molecular weight excluding hydrogens is 523 g/mol. The highest BCUT2D eigenvalue weighted by Crippen LogP contribution is 2.30. The van der Waals surface area contributed by atoms with E-state index in [2.05, 4.69) is 36.1 Å². The molecule has 3 heterocycles. The number of rotatable bonds is 4. The van der Waals surface area contributed by atoms with Crippen molar-refractivity contribution >= 4 is 35.2 Å². The quantitative estimate of drug-likeness (QED) is 0.249. The fourth-order valence-electron chi connectivity index (χ4n) is 4.22. The summed E-state index contributed by atoms with van der Waals surface area (Å²) in [6, 6.07) is 8.86. The maximum atomic E-state index is 14.1. The van der Waals surface area contributed by atoms with Crippen LogP contribution in [0.25, 0.3) is 23.0 Å². The van der Waals surface area contributed by atoms with Crippen LogP contribution in [-0.4, -0.2) is 42.0 Å². The Bertz CT molecular complexity index is 1550. The van der Waals surface area contributed by atoms with E-state index in [4.69, 9.17) is 11.6 Å². The van der Waals surface area contributed by atoms with Gasteiger partial charge < -0.3 is 15.6 Å². The van der Waals surface area contributed by atoms with Crippen molar-refractivity contribution in [1.29, 1.82) is 0 Å². The van der Waals surface area contributed by atoms with Gasteiger partial charge in [-0.05, 0) is 72.2 Å². The highest BCUT2D eigenvalue weighted by atomic mass is 35.5. The topological polar surface area (TPSA) is 130 Å². The Hall–Kier alpha value is -4.64. The normalized spacial score (nSPS) is 16.8. The van der Waals surface area contributed by atoms with Gasteiger partial charge >= 0.3 is 0 Å². The Morgan fingerprint density at radius 3 is 2.90 bits per heavy atom. The number of benzene rings is 2. The molecule has 1 aliphatic heterocycles. The lowest BCUT2D eigenvalue weighted by Crippen LogP contribution is -2.27. The summed E-state index contributed by atoms with van der Waals surface area (Å²) in [6.07, 6.45) is 12.1. The molecule has 198 valence electrons. The van der Waals surface area contributed by atoms with Gasteiger partial charge in [-0.2, -0.15) is 4.68 Å². The zero-order valence-electron chi connectivity index (χ0n) is 20.6. The number of carbonyl (C=O) groups excluding carboxylic acids is 2. The number of hydrogen-bond donors (Lipinski definition) is 3. The van der Waals surface area contributed by atoms with Gasteiger partial charge in [-0.15, -0.1) is 5.10 Å². The number of carbonyl (C=O) groups is 2. The molecule has 2 amide bonds. The van der Waals surface area contributed by atoms with Crippen LogP contribution in [0.15, 0.2) is 67.2 Å². The van der Waals surface area contributed by atoms with E-state index in [0.29, 0.717) is 64.7 Å². The molecule has 4 aromatic rings. The standard InChI is InChI=1S/C27H24ClFN8O2/c28-18-8-11-24(37-16-31-35-36-37)17(13-18)7-12-26(39)33-22-5-3-1-2-4-6-25(38)32-21-10-9-19(29)14-20(21)23-15-30-27(22)34-23/h1-2,7-16,22H,3-6H2,(H,30,34)(H,32,38)(H,33,39)/b2-1+,12-7+/t22-/m0/s1. The van der Waals surface area contributed by atoms with E-state index in [1.54, 1.807) is 30.5 Å². The van der Waals surface area contributed by atoms with Crippen molar-refractivity contribution in [2.24, 2.45) is 0 Å². The summed E-state index contributed by atoms with van der Waals surface area (Å²) in [7, 11) is 0. The predicted molar refractivity (Wildman–Crippen MR) is 144 cm³/mol. The number of fused-ring (bicyclic) bond motifs is 4. The molecule has 0 saturated carbocycles. The molecular formula is C27H24ClFN8O2. The number of imidazole rings is 1. The number of anilines is 1. The van der Waals surface area contributed by atoms with Gasteiger partial charge in [-0.1, -0.05) is 23.8 Å². The van der Waals surface area contributed by atoms with Crippen LogP contribution in [0, 0.1) is 5.82 Å². The van der Waals surface area contributed by atoms with Crippen LogP contribution in [0.4, 0.5) is 10.1 Å². The molecule has 0 fully saturated rings. The van der Waals surface area contributed by atoms with Gasteiger partial charge in [-0.3, -0.25) is 9.59 Å². The minimum Gasteiger partial charge on any atom is -0.346 e. The van der Waals surface area contributed by atoms with Crippen LogP contribution in [0.3, 0.4) is 0 Å². The molecule has 3 N–H and O–H groups in total. The Balaban J connectivity index is 1.40. The van der Waals surface area contributed by atoms with Crippen molar-refractivity contribution in [2.75, 3.05) is 5.32 Å². The molecule has 39 heavy (non-hydrogen) atoms. The fourth-order valence-corrected chi connectivity index (χ4v) is 4.40. The summed E-state index contributed by atoms with van der Waals surface area (Å²) in [5.74, 6) is -0.450. The summed E-state index contributed by atoms with van der Waals surface area (Å²) < 4.78 is 15.6. The Kier molecular flexibility index (Phi) is 7.88. The molecule has 0 radical (unpaired) electrons. The molecule has 0 aliphatic carbocycles. The minimum absolute atomic E-state index is 0.166. The summed E-state index contributed by atoms with van der Waals surface area (Å²) in [5, 5.41) is 17.6. The first-order chi connectivity index (χ1) is 19.0. The van der Waals surface area contributed by atoms with E-state index in [-0.39, 0.29) is 11.8 Å². The van der Waals surface area contributed by atoms with E-state index in [0.717, 1.165) is 0 Å². The highest BCUT2D eigenvalue weighted by Gasteiger charge is 2.19. The Morgan fingerprint density at radius 2 is 2.05 bits per heavy atom. The number of halogens is 2. The molecule has 0 spiro atoms. The van der Waals surface area contributed by atoms with Crippen molar-refractivity contribution in [3.05, 3.63) is 89.4 Å². The fraction of sp³-hybridized carbons (Fsp3) is 0.185. The number of nitrogens with one attached hydrogen (secondary N) is 3. The molecule has 2 bridgehead atoms. The number of H-pyrrole nitrogens is 1. The van der Waals surface area contributed by atoms with Gasteiger partial charge in [0.1, 0.15) is 18.0 Å². The summed E-state index contributed by atoms with van der Waals surface area (Å²) in [4.78, 5) is 33.1. The lowest BCUT2D eigenvalue weighted by molar-refractivity contribution is -0.117. The monoisotopic (exact) mass is 546 g/mol. The first-order valence-electron chi connectivity index (χ1n) is 12.3. The maximum absolute atomic E-state index is 14.1. The smallest absolute Gasteiger partial charge is 0.244 e. The third-order valence-electron chi connectivity index (χ3n) is 6.10. The number of amides is 2. The Morgan fingerprint density at radius 1 is 1.18 bits per heavy atom. The minimum atomic E-state index is -0.451. The van der Waals surface area contributed by atoms with Gasteiger partial charge in [0.25, 0.3) is 0 Å². The van der Waals surface area contributed by atoms with Gasteiger partial charge in [-0.25, -0.2) is 9.37 Å². The summed E-state index contributed by atoms with van der Waals surface area (Å²) in [5.41, 5.74) is 2.67. The third-order valence-corrected chi connectivity index (χ3v) is 6.34. The molecule has 12 heteroatoms. The Labute approximate surface area is 228 Å². The van der Waals surface area contributed by atoms with E-state index >= 15 is 0 Å². The maximum Gasteiger partial charge on any atom is 0.244 e. The molecule has 2 aromatic carbocycles. The molecule has 0 unspecified atom stereocenters. The van der Waals surface area contributed by atoms with Crippen LogP contribution < -0.4 is 10.6 Å². The van der Waals surface area contributed by atoms with Crippen molar-refractivity contribution in [1.82, 2.24) is 35.5 Å². The zero-order chi connectivity index (χ0) is 27.2. The molecule has 1 aliphatic rings. The van der Waals surface area contributed by atoms with Crippen molar-refractivity contribution < 1.29 is 14.0 Å². The average Bonchev–Trinajstić information content (AvgIpc) is 3.62. The number of allylic oxidation sites excluding steroid dienone is 2. The number of aromatic amines is 1. The van der Waals surface area contributed by atoms with Crippen LogP contribution in [0.5, 0.6) is 0 Å². The first-order valence-corrected chi connectivity index (χ1v) is 12.7. The molecule has 0 saturated heterocycles. The van der Waals surface area contributed by atoms with Crippen LogP contribution in [0.2, 0.25) is 5.02 Å². The van der Waals surface area contributed by atoms with E-state index < -0.39 is 11.9 Å². The highest BCUT2D eigenvalue weighted by molar-refractivity contribution is 6.30. The number of nitrogens with zero attached hydrogens (tertiary/aromatic N) is 5. The molecule has 1 atom stereocenters.